The number of carbonyl (C=O) groups excluding carboxylic acids is 1. The molecule has 1 aromatic carbocycles. The number of likely N-dealkylation sites (tertiary alicyclic amines) is 1. The smallest absolute Gasteiger partial charge is 0.410 e. The van der Waals surface area contributed by atoms with Gasteiger partial charge in [0.15, 0.2) is 0 Å². The fraction of sp³-hybridized carbons (Fsp3) is 0.526. The lowest BCUT2D eigenvalue weighted by Gasteiger charge is -2.34. The first-order chi connectivity index (χ1) is 10.9. The van der Waals surface area contributed by atoms with Gasteiger partial charge in [-0.05, 0) is 57.0 Å². The highest BCUT2D eigenvalue weighted by Crippen LogP contribution is 2.23. The van der Waals surface area contributed by atoms with Gasteiger partial charge in [0, 0.05) is 31.3 Å². The molecule has 0 aliphatic carbocycles. The van der Waals surface area contributed by atoms with Gasteiger partial charge in [0.1, 0.15) is 5.60 Å². The number of benzene rings is 1. The Morgan fingerprint density at radius 1 is 1.26 bits per heavy atom. The number of hydrogen-bond acceptors (Lipinski definition) is 2. The first kappa shape index (κ1) is 15.9. The van der Waals surface area contributed by atoms with Crippen molar-refractivity contribution in [2.75, 3.05) is 13.1 Å². The van der Waals surface area contributed by atoms with Crippen LogP contribution in [0.2, 0.25) is 0 Å². The van der Waals surface area contributed by atoms with Gasteiger partial charge < -0.3 is 14.2 Å². The van der Waals surface area contributed by atoms with Gasteiger partial charge >= 0.3 is 6.09 Å². The number of fused-ring (bicyclic) bond motifs is 1. The molecule has 4 heteroatoms. The second kappa shape index (κ2) is 6.26. The van der Waals surface area contributed by atoms with E-state index in [0.717, 1.165) is 32.5 Å². The quantitative estimate of drug-likeness (QED) is 0.829. The predicted octanol–water partition coefficient (Wildman–Crippen LogP) is 4.29. The average molecular weight is 314 g/mol. The Labute approximate surface area is 138 Å². The van der Waals surface area contributed by atoms with E-state index >= 15 is 0 Å². The molecule has 3 rings (SSSR count). The van der Waals surface area contributed by atoms with Crippen LogP contribution in [0.3, 0.4) is 0 Å². The minimum atomic E-state index is -0.430. The lowest BCUT2D eigenvalue weighted by atomic mass is 9.98. The molecule has 0 saturated carbocycles. The van der Waals surface area contributed by atoms with Crippen LogP contribution in [-0.4, -0.2) is 34.3 Å². The first-order valence-corrected chi connectivity index (χ1v) is 8.44. The number of piperidine rings is 1. The van der Waals surface area contributed by atoms with E-state index in [9.17, 15) is 4.79 Å². The second-order valence-corrected chi connectivity index (χ2v) is 7.46. The highest BCUT2D eigenvalue weighted by molar-refractivity contribution is 5.79. The van der Waals surface area contributed by atoms with Crippen molar-refractivity contribution in [3.63, 3.8) is 0 Å². The molecular weight excluding hydrogens is 288 g/mol. The molecule has 0 N–H and O–H groups in total. The maximum atomic E-state index is 12.3. The van der Waals surface area contributed by atoms with Crippen LogP contribution in [0.4, 0.5) is 4.79 Å². The number of amides is 1. The van der Waals surface area contributed by atoms with Crippen LogP contribution in [0.25, 0.3) is 10.9 Å². The molecule has 1 amide bonds. The Morgan fingerprint density at radius 2 is 2.04 bits per heavy atom. The van der Waals surface area contributed by atoms with E-state index < -0.39 is 5.60 Å². The van der Waals surface area contributed by atoms with Gasteiger partial charge in [-0.1, -0.05) is 18.2 Å². The maximum absolute atomic E-state index is 12.3. The van der Waals surface area contributed by atoms with E-state index in [1.165, 1.54) is 10.9 Å². The van der Waals surface area contributed by atoms with Crippen LogP contribution in [-0.2, 0) is 11.3 Å². The Balaban J connectivity index is 1.66. The van der Waals surface area contributed by atoms with Crippen LogP contribution < -0.4 is 0 Å². The predicted molar refractivity (Wildman–Crippen MR) is 92.5 cm³/mol. The zero-order valence-electron chi connectivity index (χ0n) is 14.3. The number of carbonyl (C=O) groups is 1. The SMILES string of the molecule is CC(C)(C)OC(=O)N1CCCC(Cn2ccc3ccccc32)C1. The molecule has 1 aromatic heterocycles. The minimum absolute atomic E-state index is 0.181. The molecule has 1 saturated heterocycles. The van der Waals surface area contributed by atoms with E-state index in [0.29, 0.717) is 5.92 Å². The van der Waals surface area contributed by atoms with Crippen molar-refractivity contribution in [1.82, 2.24) is 9.47 Å². The van der Waals surface area contributed by atoms with Gasteiger partial charge in [0.25, 0.3) is 0 Å². The molecule has 0 radical (unpaired) electrons. The van der Waals surface area contributed by atoms with Gasteiger partial charge in [-0.3, -0.25) is 0 Å². The van der Waals surface area contributed by atoms with Gasteiger partial charge in [-0.25, -0.2) is 4.79 Å². The minimum Gasteiger partial charge on any atom is -0.444 e. The molecule has 1 atom stereocenters. The molecule has 1 fully saturated rings. The first-order valence-electron chi connectivity index (χ1n) is 8.44. The number of nitrogens with zero attached hydrogens (tertiary/aromatic N) is 2. The summed E-state index contributed by atoms with van der Waals surface area (Å²) in [5.74, 6) is 0.479. The van der Waals surface area contributed by atoms with Gasteiger partial charge in [0.05, 0.1) is 0 Å². The van der Waals surface area contributed by atoms with Crippen LogP contribution in [0.15, 0.2) is 36.5 Å². The van der Waals surface area contributed by atoms with Crippen molar-refractivity contribution in [2.24, 2.45) is 5.92 Å². The Morgan fingerprint density at radius 3 is 2.83 bits per heavy atom. The van der Waals surface area contributed by atoms with Crippen molar-refractivity contribution in [3.8, 4) is 0 Å². The number of aromatic nitrogens is 1. The normalized spacial score (nSPS) is 19.1. The van der Waals surface area contributed by atoms with Gasteiger partial charge in [0.2, 0.25) is 0 Å². The van der Waals surface area contributed by atoms with Crippen molar-refractivity contribution in [1.29, 1.82) is 0 Å². The third kappa shape index (κ3) is 3.87. The summed E-state index contributed by atoms with van der Waals surface area (Å²) in [5.41, 5.74) is 0.836. The number of hydrogen-bond donors (Lipinski definition) is 0. The molecule has 1 unspecified atom stereocenters. The molecular formula is C19H26N2O2. The van der Waals surface area contributed by atoms with E-state index in [2.05, 4.69) is 41.1 Å². The van der Waals surface area contributed by atoms with Crippen LogP contribution in [0, 0.1) is 5.92 Å². The summed E-state index contributed by atoms with van der Waals surface area (Å²) in [7, 11) is 0. The molecule has 23 heavy (non-hydrogen) atoms. The number of para-hydroxylation sites is 1. The second-order valence-electron chi connectivity index (χ2n) is 7.46. The molecule has 0 spiro atoms. The summed E-state index contributed by atoms with van der Waals surface area (Å²) >= 11 is 0. The summed E-state index contributed by atoms with van der Waals surface area (Å²) < 4.78 is 7.82. The van der Waals surface area contributed by atoms with Gasteiger partial charge in [-0.2, -0.15) is 0 Å². The summed E-state index contributed by atoms with van der Waals surface area (Å²) in [6.07, 6.45) is 4.17. The Bertz CT molecular complexity index is 684. The zero-order chi connectivity index (χ0) is 16.4. The van der Waals surface area contributed by atoms with E-state index in [4.69, 9.17) is 4.74 Å². The largest absolute Gasteiger partial charge is 0.444 e. The topological polar surface area (TPSA) is 34.5 Å². The standard InChI is InChI=1S/C19H26N2O2/c1-19(2,3)23-18(22)21-11-6-7-15(14-21)13-20-12-10-16-8-4-5-9-17(16)20/h4-5,8-10,12,15H,6-7,11,13-14H2,1-3H3. The lowest BCUT2D eigenvalue weighted by molar-refractivity contribution is 0.0158. The highest BCUT2D eigenvalue weighted by Gasteiger charge is 2.27. The highest BCUT2D eigenvalue weighted by atomic mass is 16.6. The zero-order valence-corrected chi connectivity index (χ0v) is 14.3. The molecule has 2 heterocycles. The van der Waals surface area contributed by atoms with Crippen molar-refractivity contribution in [2.45, 2.75) is 45.8 Å². The Kier molecular flexibility index (Phi) is 4.33. The fourth-order valence-corrected chi connectivity index (χ4v) is 3.28. The van der Waals surface area contributed by atoms with Gasteiger partial charge in [-0.15, -0.1) is 0 Å². The number of ether oxygens (including phenoxy) is 1. The van der Waals surface area contributed by atoms with Crippen LogP contribution in [0.1, 0.15) is 33.6 Å². The van der Waals surface area contributed by atoms with Crippen LogP contribution >= 0.6 is 0 Å². The molecule has 0 bridgehead atoms. The molecule has 4 nitrogen and oxygen atoms in total. The molecule has 1 aliphatic rings. The Hall–Kier alpha value is -1.97. The molecule has 1 aliphatic heterocycles. The van der Waals surface area contributed by atoms with Crippen molar-refractivity contribution in [3.05, 3.63) is 36.5 Å². The van der Waals surface area contributed by atoms with Crippen molar-refractivity contribution < 1.29 is 9.53 Å². The van der Waals surface area contributed by atoms with Crippen LogP contribution in [0.5, 0.6) is 0 Å². The third-order valence-electron chi connectivity index (χ3n) is 4.31. The maximum Gasteiger partial charge on any atom is 0.410 e. The molecule has 124 valence electrons. The summed E-state index contributed by atoms with van der Waals surface area (Å²) in [4.78, 5) is 14.1. The van der Waals surface area contributed by atoms with Crippen molar-refractivity contribution >= 4 is 17.0 Å². The van der Waals surface area contributed by atoms with E-state index in [1.54, 1.807) is 0 Å². The number of rotatable bonds is 2. The summed E-state index contributed by atoms with van der Waals surface area (Å²) in [5, 5.41) is 1.27. The monoisotopic (exact) mass is 314 g/mol. The lowest BCUT2D eigenvalue weighted by Crippen LogP contribution is -2.43. The summed E-state index contributed by atoms with van der Waals surface area (Å²) in [6.45, 7) is 8.28. The molecule has 2 aromatic rings. The third-order valence-corrected chi connectivity index (χ3v) is 4.31. The summed E-state index contributed by atoms with van der Waals surface area (Å²) in [6, 6.07) is 10.6. The fourth-order valence-electron chi connectivity index (χ4n) is 3.28. The van der Waals surface area contributed by atoms with E-state index in [-0.39, 0.29) is 6.09 Å². The average Bonchev–Trinajstić information content (AvgIpc) is 2.89. The van der Waals surface area contributed by atoms with E-state index in [1.807, 2.05) is 25.7 Å².